The minimum absolute atomic E-state index is 0.784. The van der Waals surface area contributed by atoms with Crippen LogP contribution in [0.5, 0.6) is 0 Å². The van der Waals surface area contributed by atoms with Gasteiger partial charge < -0.3 is 0 Å². The fraction of sp³-hybridized carbons (Fsp3) is 0.833. The predicted molar refractivity (Wildman–Crippen MR) is 57.4 cm³/mol. The Balaban J connectivity index is 3.25. The van der Waals surface area contributed by atoms with E-state index in [1.54, 1.807) is 0 Å². The van der Waals surface area contributed by atoms with E-state index < -0.39 is 0 Å². The van der Waals surface area contributed by atoms with Gasteiger partial charge in [-0.1, -0.05) is 52.0 Å². The lowest BCUT2D eigenvalue weighted by Gasteiger charge is -2.09. The van der Waals surface area contributed by atoms with Crippen LogP contribution in [0.1, 0.15) is 58.8 Å². The molecule has 0 rings (SSSR count). The average molecular weight is 168 g/mol. The summed E-state index contributed by atoms with van der Waals surface area (Å²) in [5.74, 6) is 0.784. The van der Waals surface area contributed by atoms with Crippen molar-refractivity contribution >= 4 is 0 Å². The summed E-state index contributed by atoms with van der Waals surface area (Å²) in [5.41, 5.74) is 0. The van der Waals surface area contributed by atoms with E-state index >= 15 is 0 Å². The van der Waals surface area contributed by atoms with E-state index in [4.69, 9.17) is 0 Å². The maximum atomic E-state index is 3.88. The third-order valence-electron chi connectivity index (χ3n) is 2.42. The lowest BCUT2D eigenvalue weighted by atomic mass is 9.96. The van der Waals surface area contributed by atoms with Crippen molar-refractivity contribution in [1.82, 2.24) is 0 Å². The largest absolute Gasteiger partial charge is 0.103 e. The first-order valence-corrected chi connectivity index (χ1v) is 5.47. The monoisotopic (exact) mass is 168 g/mol. The van der Waals surface area contributed by atoms with Crippen LogP contribution in [0.2, 0.25) is 0 Å². The molecule has 0 spiro atoms. The van der Waals surface area contributed by atoms with Gasteiger partial charge in [0.2, 0.25) is 0 Å². The maximum absolute atomic E-state index is 3.88. The molecule has 72 valence electrons. The van der Waals surface area contributed by atoms with Crippen LogP contribution in [0.25, 0.3) is 0 Å². The maximum Gasteiger partial charge on any atom is -0.0236 e. The van der Waals surface area contributed by atoms with Crippen molar-refractivity contribution in [2.45, 2.75) is 58.8 Å². The van der Waals surface area contributed by atoms with Crippen molar-refractivity contribution in [3.8, 4) is 0 Å². The van der Waals surface area contributed by atoms with Crippen molar-refractivity contribution < 1.29 is 0 Å². The molecule has 0 nitrogen and oxygen atoms in total. The van der Waals surface area contributed by atoms with Crippen molar-refractivity contribution in [3.63, 3.8) is 0 Å². The van der Waals surface area contributed by atoms with Gasteiger partial charge in [-0.2, -0.15) is 0 Å². The summed E-state index contributed by atoms with van der Waals surface area (Å²) in [5, 5.41) is 0. The molecule has 0 heterocycles. The van der Waals surface area contributed by atoms with Crippen LogP contribution in [0.3, 0.4) is 0 Å². The van der Waals surface area contributed by atoms with E-state index in [1.807, 2.05) is 0 Å². The molecule has 1 unspecified atom stereocenters. The minimum Gasteiger partial charge on any atom is -0.103 e. The highest BCUT2D eigenvalue weighted by atomic mass is 14.1. The molecule has 0 aromatic heterocycles. The molecular formula is C12H24. The van der Waals surface area contributed by atoms with Crippen molar-refractivity contribution in [1.29, 1.82) is 0 Å². The summed E-state index contributed by atoms with van der Waals surface area (Å²) in [7, 11) is 0. The van der Waals surface area contributed by atoms with Gasteiger partial charge in [0.15, 0.2) is 0 Å². The highest BCUT2D eigenvalue weighted by molar-refractivity contribution is 4.78. The van der Waals surface area contributed by atoms with Crippen LogP contribution in [0, 0.1) is 5.92 Å². The molecule has 0 aliphatic heterocycles. The topological polar surface area (TPSA) is 0 Å². The number of hydrogen-bond acceptors (Lipinski definition) is 0. The summed E-state index contributed by atoms with van der Waals surface area (Å²) < 4.78 is 0. The first kappa shape index (κ1) is 11.7. The van der Waals surface area contributed by atoms with Crippen LogP contribution >= 0.6 is 0 Å². The molecule has 0 amide bonds. The Bertz CT molecular complexity index is 94.2. The second kappa shape index (κ2) is 8.83. The van der Waals surface area contributed by atoms with Crippen LogP contribution in [-0.2, 0) is 0 Å². The summed E-state index contributed by atoms with van der Waals surface area (Å²) in [6, 6.07) is 0. The molecule has 0 radical (unpaired) electrons. The van der Waals surface area contributed by atoms with Gasteiger partial charge in [0.1, 0.15) is 0 Å². The normalized spacial score (nSPS) is 12.8. The molecule has 0 saturated carbocycles. The van der Waals surface area contributed by atoms with E-state index in [0.29, 0.717) is 0 Å². The van der Waals surface area contributed by atoms with Crippen LogP contribution in [0.4, 0.5) is 0 Å². The standard InChI is InChI=1S/C12H24/c1-4-7-8-9-11-12(6-3)10-5-2/h6,12H,3-5,7-11H2,1-2H3. The summed E-state index contributed by atoms with van der Waals surface area (Å²) in [6.45, 7) is 8.39. The first-order valence-electron chi connectivity index (χ1n) is 5.47. The molecule has 12 heavy (non-hydrogen) atoms. The fourth-order valence-electron chi connectivity index (χ4n) is 1.58. The Morgan fingerprint density at radius 1 is 1.00 bits per heavy atom. The Hall–Kier alpha value is -0.260. The van der Waals surface area contributed by atoms with E-state index in [-0.39, 0.29) is 0 Å². The van der Waals surface area contributed by atoms with Gasteiger partial charge in [0.05, 0.1) is 0 Å². The number of rotatable bonds is 8. The second-order valence-corrected chi connectivity index (χ2v) is 3.63. The Morgan fingerprint density at radius 3 is 2.25 bits per heavy atom. The summed E-state index contributed by atoms with van der Waals surface area (Å²) in [6.07, 6.45) is 11.7. The molecule has 0 fully saturated rings. The van der Waals surface area contributed by atoms with Crippen molar-refractivity contribution in [2.24, 2.45) is 5.92 Å². The second-order valence-electron chi connectivity index (χ2n) is 3.63. The molecule has 0 aromatic rings. The summed E-state index contributed by atoms with van der Waals surface area (Å²) in [4.78, 5) is 0. The zero-order valence-corrected chi connectivity index (χ0v) is 8.81. The molecule has 0 N–H and O–H groups in total. The van der Waals surface area contributed by atoms with E-state index in [0.717, 1.165) is 5.92 Å². The lowest BCUT2D eigenvalue weighted by molar-refractivity contribution is 0.496. The predicted octanol–water partition coefficient (Wildman–Crippen LogP) is 4.56. The molecule has 0 aliphatic carbocycles. The Kier molecular flexibility index (Phi) is 8.64. The molecule has 0 heteroatoms. The van der Waals surface area contributed by atoms with Gasteiger partial charge in [-0.3, -0.25) is 0 Å². The van der Waals surface area contributed by atoms with E-state index in [9.17, 15) is 0 Å². The van der Waals surface area contributed by atoms with Crippen LogP contribution < -0.4 is 0 Å². The third kappa shape index (κ3) is 6.45. The van der Waals surface area contributed by atoms with Crippen molar-refractivity contribution in [2.75, 3.05) is 0 Å². The van der Waals surface area contributed by atoms with Gasteiger partial charge in [0, 0.05) is 0 Å². The number of allylic oxidation sites excluding steroid dienone is 1. The van der Waals surface area contributed by atoms with E-state index in [1.165, 1.54) is 44.9 Å². The van der Waals surface area contributed by atoms with Gasteiger partial charge in [0.25, 0.3) is 0 Å². The fourth-order valence-corrected chi connectivity index (χ4v) is 1.58. The Labute approximate surface area is 78.1 Å². The molecular weight excluding hydrogens is 144 g/mol. The average Bonchev–Trinajstić information content (AvgIpc) is 2.10. The van der Waals surface area contributed by atoms with Gasteiger partial charge in [-0.25, -0.2) is 0 Å². The third-order valence-corrected chi connectivity index (χ3v) is 2.42. The molecule has 0 aliphatic rings. The SMILES string of the molecule is C=CC(CCC)CCCCCC. The highest BCUT2D eigenvalue weighted by Gasteiger charge is 2.01. The summed E-state index contributed by atoms with van der Waals surface area (Å²) >= 11 is 0. The highest BCUT2D eigenvalue weighted by Crippen LogP contribution is 2.16. The first-order chi connectivity index (χ1) is 5.85. The molecule has 1 atom stereocenters. The lowest BCUT2D eigenvalue weighted by Crippen LogP contribution is -1.95. The van der Waals surface area contributed by atoms with Crippen molar-refractivity contribution in [3.05, 3.63) is 12.7 Å². The molecule has 0 aromatic carbocycles. The number of unbranched alkanes of at least 4 members (excludes halogenated alkanes) is 3. The number of hydrogen-bond donors (Lipinski definition) is 0. The van der Waals surface area contributed by atoms with Gasteiger partial charge in [-0.15, -0.1) is 6.58 Å². The zero-order chi connectivity index (χ0) is 9.23. The van der Waals surface area contributed by atoms with E-state index in [2.05, 4.69) is 26.5 Å². The quantitative estimate of drug-likeness (QED) is 0.368. The smallest absolute Gasteiger partial charge is 0.0236 e. The zero-order valence-electron chi connectivity index (χ0n) is 8.81. The molecule has 0 bridgehead atoms. The van der Waals surface area contributed by atoms with Gasteiger partial charge in [-0.05, 0) is 18.8 Å². The minimum atomic E-state index is 0.784. The van der Waals surface area contributed by atoms with Crippen LogP contribution in [0.15, 0.2) is 12.7 Å². The Morgan fingerprint density at radius 2 is 1.75 bits per heavy atom. The van der Waals surface area contributed by atoms with Gasteiger partial charge >= 0.3 is 0 Å². The molecule has 0 saturated heterocycles. The van der Waals surface area contributed by atoms with Crippen LogP contribution in [-0.4, -0.2) is 0 Å².